The van der Waals surface area contributed by atoms with E-state index in [2.05, 4.69) is 15.3 Å². The van der Waals surface area contributed by atoms with E-state index in [1.54, 1.807) is 18.2 Å². The van der Waals surface area contributed by atoms with Gasteiger partial charge < -0.3 is 4.90 Å². The number of rotatable bonds is 8. The lowest BCUT2D eigenvalue weighted by Crippen LogP contribution is -2.54. The lowest BCUT2D eigenvalue weighted by molar-refractivity contribution is -0.386. The molecule has 4 amide bonds. The molecule has 39 heavy (non-hydrogen) atoms. The van der Waals surface area contributed by atoms with Gasteiger partial charge in [0.1, 0.15) is 12.2 Å². The summed E-state index contributed by atoms with van der Waals surface area (Å²) < 4.78 is 27.5. The first kappa shape index (κ1) is 26.5. The zero-order valence-electron chi connectivity index (χ0n) is 20.8. The third kappa shape index (κ3) is 5.15. The van der Waals surface area contributed by atoms with Crippen LogP contribution in [0.3, 0.4) is 0 Å². The number of nitrogens with zero attached hydrogens (tertiary/aromatic N) is 5. The second-order valence-corrected chi connectivity index (χ2v) is 9.94. The topological polar surface area (TPSA) is 148 Å². The van der Waals surface area contributed by atoms with Crippen molar-refractivity contribution >= 4 is 29.3 Å². The molecule has 0 radical (unpaired) electrons. The van der Waals surface area contributed by atoms with Gasteiger partial charge in [-0.05, 0) is 56.3 Å². The van der Waals surface area contributed by atoms with Crippen LogP contribution in [0.4, 0.5) is 14.5 Å². The molecule has 2 aromatic rings. The summed E-state index contributed by atoms with van der Waals surface area (Å²) in [5.41, 5.74) is -0.110. The van der Waals surface area contributed by atoms with Crippen molar-refractivity contribution in [1.82, 2.24) is 24.9 Å². The SMILES string of the molecule is O=C1CCC(N2C(=O)c3ccc(CCCN4CCC(n5cc([N+](=O)[O-])c(C(F)F)n5)CC4)cc3C2=O)C(=O)N1. The number of likely N-dealkylation sites (tertiary alicyclic amines) is 1. The summed E-state index contributed by atoms with van der Waals surface area (Å²) in [6, 6.07) is 3.87. The molecule has 0 bridgehead atoms. The van der Waals surface area contributed by atoms with E-state index in [0.29, 0.717) is 32.4 Å². The standard InChI is InChI=1S/C25H26F2N6O6/c26-22(27)21-19(33(38)39)13-31(29-21)15-7-10-30(11-8-15)9-1-2-14-3-4-16-17(12-14)25(37)32(24(16)36)18-5-6-20(34)28-23(18)35/h3-4,12-13,15,18,22H,1-2,5-11H2,(H,28,34,35). The third-order valence-electron chi connectivity index (χ3n) is 7.52. The predicted molar refractivity (Wildman–Crippen MR) is 130 cm³/mol. The molecule has 1 atom stereocenters. The van der Waals surface area contributed by atoms with Gasteiger partial charge in [0.05, 0.1) is 22.1 Å². The molecule has 0 aliphatic carbocycles. The summed E-state index contributed by atoms with van der Waals surface area (Å²) in [6.07, 6.45) is 0.889. The number of aromatic nitrogens is 2. The minimum absolute atomic E-state index is 0.0604. The molecule has 14 heteroatoms. The molecule has 4 heterocycles. The number of carbonyl (C=O) groups is 4. The number of amides is 4. The molecule has 3 aliphatic heterocycles. The minimum atomic E-state index is -3.01. The van der Waals surface area contributed by atoms with Crippen molar-refractivity contribution in [2.75, 3.05) is 19.6 Å². The Morgan fingerprint density at radius 2 is 1.79 bits per heavy atom. The Morgan fingerprint density at radius 1 is 1.08 bits per heavy atom. The molecule has 0 spiro atoms. The molecule has 2 fully saturated rings. The van der Waals surface area contributed by atoms with Crippen LogP contribution in [-0.2, 0) is 16.0 Å². The summed E-state index contributed by atoms with van der Waals surface area (Å²) in [5, 5.41) is 17.0. The maximum absolute atomic E-state index is 13.1. The number of imide groups is 2. The summed E-state index contributed by atoms with van der Waals surface area (Å²) in [7, 11) is 0. The average molecular weight is 545 g/mol. The summed E-state index contributed by atoms with van der Waals surface area (Å²) in [6.45, 7) is 2.11. The number of nitrogens with one attached hydrogen (secondary N) is 1. The predicted octanol–water partition coefficient (Wildman–Crippen LogP) is 2.40. The lowest BCUT2D eigenvalue weighted by Gasteiger charge is -2.31. The van der Waals surface area contributed by atoms with Gasteiger partial charge in [-0.3, -0.25) is 44.2 Å². The van der Waals surface area contributed by atoms with Crippen LogP contribution in [0.25, 0.3) is 0 Å². The van der Waals surface area contributed by atoms with Gasteiger partial charge in [0.25, 0.3) is 18.2 Å². The molecule has 3 aliphatic rings. The second kappa shape index (κ2) is 10.6. The molecule has 5 rings (SSSR count). The van der Waals surface area contributed by atoms with Gasteiger partial charge in [-0.1, -0.05) is 6.07 Å². The first-order chi connectivity index (χ1) is 18.6. The van der Waals surface area contributed by atoms with Gasteiger partial charge in [0.15, 0.2) is 0 Å². The second-order valence-electron chi connectivity index (χ2n) is 9.94. The van der Waals surface area contributed by atoms with Crippen LogP contribution in [0.2, 0.25) is 0 Å². The maximum atomic E-state index is 13.1. The van der Waals surface area contributed by atoms with Gasteiger partial charge in [-0.2, -0.15) is 5.10 Å². The fourth-order valence-corrected chi connectivity index (χ4v) is 5.47. The molecule has 1 N–H and O–H groups in total. The highest BCUT2D eigenvalue weighted by Crippen LogP contribution is 2.32. The molecule has 206 valence electrons. The van der Waals surface area contributed by atoms with Crippen LogP contribution in [0.5, 0.6) is 0 Å². The van der Waals surface area contributed by atoms with Crippen molar-refractivity contribution in [3.63, 3.8) is 0 Å². The minimum Gasteiger partial charge on any atom is -0.303 e. The van der Waals surface area contributed by atoms with Crippen LogP contribution >= 0.6 is 0 Å². The zero-order chi connectivity index (χ0) is 27.8. The van der Waals surface area contributed by atoms with Gasteiger partial charge in [0.2, 0.25) is 17.5 Å². The Bertz CT molecular complexity index is 1350. The van der Waals surface area contributed by atoms with E-state index in [9.17, 15) is 38.1 Å². The van der Waals surface area contributed by atoms with E-state index in [1.807, 2.05) is 0 Å². The molecule has 1 unspecified atom stereocenters. The number of benzene rings is 1. The Kier molecular flexibility index (Phi) is 7.21. The highest BCUT2D eigenvalue weighted by molar-refractivity contribution is 6.23. The average Bonchev–Trinajstić information content (AvgIpc) is 3.45. The van der Waals surface area contributed by atoms with Crippen molar-refractivity contribution in [3.05, 3.63) is 56.9 Å². The van der Waals surface area contributed by atoms with Crippen LogP contribution in [0.1, 0.15) is 76.5 Å². The van der Waals surface area contributed by atoms with Gasteiger partial charge in [-0.25, -0.2) is 8.78 Å². The monoisotopic (exact) mass is 544 g/mol. The number of nitro groups is 1. The molecule has 1 aromatic carbocycles. The Labute approximate surface area is 221 Å². The molecule has 12 nitrogen and oxygen atoms in total. The van der Waals surface area contributed by atoms with E-state index in [0.717, 1.165) is 29.6 Å². The highest BCUT2D eigenvalue weighted by atomic mass is 19.3. The zero-order valence-corrected chi connectivity index (χ0v) is 20.8. The Balaban J connectivity index is 1.14. The summed E-state index contributed by atoms with van der Waals surface area (Å²) in [5.74, 6) is -2.15. The lowest BCUT2D eigenvalue weighted by atomic mass is 10.0. The number of piperidine rings is 2. The normalized spacial score (nSPS) is 20.6. The van der Waals surface area contributed by atoms with Crippen LogP contribution < -0.4 is 5.32 Å². The first-order valence-electron chi connectivity index (χ1n) is 12.7. The summed E-state index contributed by atoms with van der Waals surface area (Å²) >= 11 is 0. The van der Waals surface area contributed by atoms with E-state index >= 15 is 0 Å². The van der Waals surface area contributed by atoms with Crippen LogP contribution in [0, 0.1) is 10.1 Å². The molecule has 0 saturated carbocycles. The molecule has 2 saturated heterocycles. The maximum Gasteiger partial charge on any atom is 0.316 e. The molecule has 1 aromatic heterocycles. The van der Waals surface area contributed by atoms with Crippen molar-refractivity contribution in [2.24, 2.45) is 0 Å². The number of halogens is 2. The fourth-order valence-electron chi connectivity index (χ4n) is 5.47. The first-order valence-corrected chi connectivity index (χ1v) is 12.7. The number of hydrogen-bond donors (Lipinski definition) is 1. The van der Waals surface area contributed by atoms with Crippen molar-refractivity contribution in [3.8, 4) is 0 Å². The Hall–Kier alpha value is -4.07. The number of alkyl halides is 2. The van der Waals surface area contributed by atoms with Crippen molar-refractivity contribution < 1.29 is 32.9 Å². The van der Waals surface area contributed by atoms with Crippen molar-refractivity contribution in [1.29, 1.82) is 0 Å². The largest absolute Gasteiger partial charge is 0.316 e. The number of hydrogen-bond acceptors (Lipinski definition) is 8. The smallest absolute Gasteiger partial charge is 0.303 e. The third-order valence-corrected chi connectivity index (χ3v) is 7.52. The summed E-state index contributed by atoms with van der Waals surface area (Å²) in [4.78, 5) is 62.9. The van der Waals surface area contributed by atoms with Gasteiger partial charge >= 0.3 is 5.69 Å². The van der Waals surface area contributed by atoms with E-state index in [-0.39, 0.29) is 30.0 Å². The highest BCUT2D eigenvalue weighted by Gasteiger charge is 2.44. The van der Waals surface area contributed by atoms with Gasteiger partial charge in [-0.15, -0.1) is 0 Å². The van der Waals surface area contributed by atoms with Crippen LogP contribution in [-0.4, -0.2) is 73.8 Å². The van der Waals surface area contributed by atoms with E-state index in [1.165, 1.54) is 4.68 Å². The van der Waals surface area contributed by atoms with E-state index in [4.69, 9.17) is 0 Å². The fraction of sp³-hybridized carbons (Fsp3) is 0.480. The number of fused-ring (bicyclic) bond motifs is 1. The Morgan fingerprint density at radius 3 is 2.44 bits per heavy atom. The van der Waals surface area contributed by atoms with Gasteiger partial charge in [0, 0.05) is 19.5 Å². The quantitative estimate of drug-likeness (QED) is 0.303. The van der Waals surface area contributed by atoms with E-state index < -0.39 is 52.4 Å². The molecular weight excluding hydrogens is 518 g/mol. The number of aryl methyl sites for hydroxylation is 1. The molecular formula is C25H26F2N6O6. The van der Waals surface area contributed by atoms with Crippen molar-refractivity contribution in [2.45, 2.75) is 57.0 Å². The number of carbonyl (C=O) groups excluding carboxylic acids is 4. The van der Waals surface area contributed by atoms with Crippen LogP contribution in [0.15, 0.2) is 24.4 Å².